The van der Waals surface area contributed by atoms with Gasteiger partial charge in [-0.15, -0.1) is 0 Å². The SMILES string of the molecule is O=C(c1ccc(F)c(F)c1F)N1CCO[C@H]2CCCC[C@H]21. The molecule has 0 spiro atoms. The van der Waals surface area contributed by atoms with Gasteiger partial charge in [0.2, 0.25) is 0 Å². The van der Waals surface area contributed by atoms with Gasteiger partial charge in [-0.3, -0.25) is 4.79 Å². The van der Waals surface area contributed by atoms with E-state index < -0.39 is 28.9 Å². The van der Waals surface area contributed by atoms with Crippen LogP contribution in [0.25, 0.3) is 0 Å². The van der Waals surface area contributed by atoms with Gasteiger partial charge in [0.1, 0.15) is 0 Å². The van der Waals surface area contributed by atoms with Crippen LogP contribution in [0.2, 0.25) is 0 Å². The molecule has 2 fully saturated rings. The minimum atomic E-state index is -1.60. The molecule has 2 aliphatic rings. The maximum absolute atomic E-state index is 13.8. The van der Waals surface area contributed by atoms with Crippen LogP contribution in [0, 0.1) is 17.5 Å². The highest BCUT2D eigenvalue weighted by atomic mass is 19.2. The quantitative estimate of drug-likeness (QED) is 0.746. The molecule has 0 unspecified atom stereocenters. The highest BCUT2D eigenvalue weighted by molar-refractivity contribution is 5.94. The molecule has 1 aromatic rings. The molecule has 0 aromatic heterocycles. The molecule has 1 saturated heterocycles. The monoisotopic (exact) mass is 299 g/mol. The molecule has 0 N–H and O–H groups in total. The van der Waals surface area contributed by atoms with Crippen molar-refractivity contribution < 1.29 is 22.7 Å². The van der Waals surface area contributed by atoms with E-state index in [2.05, 4.69) is 0 Å². The first-order valence-corrected chi connectivity index (χ1v) is 7.15. The number of nitrogens with zero attached hydrogens (tertiary/aromatic N) is 1. The molecule has 21 heavy (non-hydrogen) atoms. The van der Waals surface area contributed by atoms with Gasteiger partial charge in [0, 0.05) is 6.54 Å². The van der Waals surface area contributed by atoms with Crippen molar-refractivity contribution in [3.05, 3.63) is 35.1 Å². The number of amides is 1. The third-order valence-electron chi connectivity index (χ3n) is 4.26. The smallest absolute Gasteiger partial charge is 0.257 e. The summed E-state index contributed by atoms with van der Waals surface area (Å²) in [5, 5.41) is 0. The zero-order valence-corrected chi connectivity index (χ0v) is 11.4. The number of ether oxygens (including phenoxy) is 1. The van der Waals surface area contributed by atoms with Gasteiger partial charge < -0.3 is 9.64 Å². The average Bonchev–Trinajstić information content (AvgIpc) is 2.51. The normalized spacial score (nSPS) is 25.6. The summed E-state index contributed by atoms with van der Waals surface area (Å²) < 4.78 is 45.7. The number of fused-ring (bicyclic) bond motifs is 1. The summed E-state index contributed by atoms with van der Waals surface area (Å²) in [6.45, 7) is 0.733. The number of benzene rings is 1. The van der Waals surface area contributed by atoms with Gasteiger partial charge >= 0.3 is 0 Å². The van der Waals surface area contributed by atoms with Gasteiger partial charge in [-0.2, -0.15) is 0 Å². The van der Waals surface area contributed by atoms with Crippen molar-refractivity contribution in [3.8, 4) is 0 Å². The van der Waals surface area contributed by atoms with Crippen LogP contribution in [-0.4, -0.2) is 36.1 Å². The minimum absolute atomic E-state index is 0.0372. The van der Waals surface area contributed by atoms with Crippen LogP contribution >= 0.6 is 0 Å². The highest BCUT2D eigenvalue weighted by Gasteiger charge is 2.38. The standard InChI is InChI=1S/C15H16F3NO2/c16-10-6-5-9(13(17)14(10)18)15(20)19-7-8-21-12-4-2-1-3-11(12)19/h5-6,11-12H,1-4,7-8H2/t11-,12+/m1/s1. The molecule has 0 radical (unpaired) electrons. The number of hydrogen-bond acceptors (Lipinski definition) is 2. The number of hydrogen-bond donors (Lipinski definition) is 0. The Balaban J connectivity index is 1.89. The third kappa shape index (κ3) is 2.52. The Morgan fingerprint density at radius 3 is 2.71 bits per heavy atom. The molecule has 3 rings (SSSR count). The van der Waals surface area contributed by atoms with Crippen molar-refractivity contribution >= 4 is 5.91 Å². The summed E-state index contributed by atoms with van der Waals surface area (Å²) in [7, 11) is 0. The Bertz CT molecular complexity index is 562. The molecule has 1 saturated carbocycles. The largest absolute Gasteiger partial charge is 0.374 e. The second-order valence-corrected chi connectivity index (χ2v) is 5.48. The Hall–Kier alpha value is -1.56. The zero-order chi connectivity index (χ0) is 15.0. The Morgan fingerprint density at radius 1 is 1.14 bits per heavy atom. The van der Waals surface area contributed by atoms with Gasteiger partial charge in [0.15, 0.2) is 17.5 Å². The molecule has 1 aromatic carbocycles. The van der Waals surface area contributed by atoms with Crippen molar-refractivity contribution in [2.45, 2.75) is 37.8 Å². The Morgan fingerprint density at radius 2 is 1.90 bits per heavy atom. The topological polar surface area (TPSA) is 29.5 Å². The molecule has 1 amide bonds. The van der Waals surface area contributed by atoms with Crippen LogP contribution in [0.1, 0.15) is 36.0 Å². The fraction of sp³-hybridized carbons (Fsp3) is 0.533. The van der Waals surface area contributed by atoms with Crippen LogP contribution in [-0.2, 0) is 4.74 Å². The van der Waals surface area contributed by atoms with Crippen LogP contribution in [0.5, 0.6) is 0 Å². The lowest BCUT2D eigenvalue weighted by Crippen LogP contribution is -2.55. The van der Waals surface area contributed by atoms with Gasteiger partial charge in [-0.25, -0.2) is 13.2 Å². The van der Waals surface area contributed by atoms with E-state index in [0.717, 1.165) is 37.8 Å². The average molecular weight is 299 g/mol. The number of rotatable bonds is 1. The summed E-state index contributed by atoms with van der Waals surface area (Å²) in [6.07, 6.45) is 3.65. The van der Waals surface area contributed by atoms with E-state index in [1.807, 2.05) is 0 Å². The molecule has 6 heteroatoms. The van der Waals surface area contributed by atoms with E-state index in [0.29, 0.717) is 13.2 Å². The fourth-order valence-corrected chi connectivity index (χ4v) is 3.19. The lowest BCUT2D eigenvalue weighted by atomic mass is 9.89. The van der Waals surface area contributed by atoms with E-state index in [9.17, 15) is 18.0 Å². The second kappa shape index (κ2) is 5.67. The number of carbonyl (C=O) groups is 1. The fourth-order valence-electron chi connectivity index (χ4n) is 3.19. The molecular formula is C15H16F3NO2. The van der Waals surface area contributed by atoms with Crippen LogP contribution in [0.15, 0.2) is 12.1 Å². The van der Waals surface area contributed by atoms with Crippen molar-refractivity contribution in [3.63, 3.8) is 0 Å². The van der Waals surface area contributed by atoms with Crippen molar-refractivity contribution in [1.82, 2.24) is 4.90 Å². The van der Waals surface area contributed by atoms with E-state index >= 15 is 0 Å². The molecule has 0 bridgehead atoms. The number of halogens is 3. The maximum Gasteiger partial charge on any atom is 0.257 e. The summed E-state index contributed by atoms with van der Waals surface area (Å²) in [5.41, 5.74) is -0.417. The molecule has 3 nitrogen and oxygen atoms in total. The third-order valence-corrected chi connectivity index (χ3v) is 4.26. The van der Waals surface area contributed by atoms with E-state index in [1.165, 1.54) is 0 Å². The van der Waals surface area contributed by atoms with Crippen LogP contribution in [0.3, 0.4) is 0 Å². The van der Waals surface area contributed by atoms with E-state index in [1.54, 1.807) is 4.90 Å². The summed E-state index contributed by atoms with van der Waals surface area (Å²) in [6, 6.07) is 1.68. The lowest BCUT2D eigenvalue weighted by Gasteiger charge is -2.43. The lowest BCUT2D eigenvalue weighted by molar-refractivity contribution is -0.0754. The number of carbonyl (C=O) groups excluding carboxylic acids is 1. The van der Waals surface area contributed by atoms with Crippen LogP contribution in [0.4, 0.5) is 13.2 Å². The van der Waals surface area contributed by atoms with Gasteiger partial charge in [0.25, 0.3) is 5.91 Å². The van der Waals surface area contributed by atoms with Gasteiger partial charge in [-0.1, -0.05) is 12.8 Å². The highest BCUT2D eigenvalue weighted by Crippen LogP contribution is 2.30. The molecule has 1 heterocycles. The zero-order valence-electron chi connectivity index (χ0n) is 11.4. The maximum atomic E-state index is 13.8. The number of morpholine rings is 1. The summed E-state index contributed by atoms with van der Waals surface area (Å²) in [4.78, 5) is 14.0. The first-order valence-electron chi connectivity index (χ1n) is 7.15. The summed E-state index contributed by atoms with van der Waals surface area (Å²) >= 11 is 0. The van der Waals surface area contributed by atoms with Crippen molar-refractivity contribution in [1.29, 1.82) is 0 Å². The van der Waals surface area contributed by atoms with Crippen molar-refractivity contribution in [2.75, 3.05) is 13.2 Å². The Labute approximate surface area is 120 Å². The Kier molecular flexibility index (Phi) is 3.89. The minimum Gasteiger partial charge on any atom is -0.374 e. The first-order chi connectivity index (χ1) is 10.1. The van der Waals surface area contributed by atoms with Gasteiger partial charge in [0.05, 0.1) is 24.3 Å². The van der Waals surface area contributed by atoms with Crippen molar-refractivity contribution in [2.24, 2.45) is 0 Å². The molecule has 1 aliphatic carbocycles. The predicted octanol–water partition coefficient (Wildman–Crippen LogP) is 2.89. The van der Waals surface area contributed by atoms with Gasteiger partial charge in [-0.05, 0) is 25.0 Å². The van der Waals surface area contributed by atoms with E-state index in [4.69, 9.17) is 4.74 Å². The molecule has 2 atom stereocenters. The van der Waals surface area contributed by atoms with Crippen LogP contribution < -0.4 is 0 Å². The molecule has 1 aliphatic heterocycles. The molecular weight excluding hydrogens is 283 g/mol. The summed E-state index contributed by atoms with van der Waals surface area (Å²) in [5.74, 6) is -4.90. The first kappa shape index (κ1) is 14.4. The molecule has 114 valence electrons. The van der Waals surface area contributed by atoms with E-state index in [-0.39, 0.29) is 12.1 Å². The second-order valence-electron chi connectivity index (χ2n) is 5.48. The predicted molar refractivity (Wildman–Crippen MR) is 69.3 cm³/mol.